The molecule has 5 nitrogen and oxygen atoms in total. The molecule has 1 aromatic heterocycles. The molecule has 0 radical (unpaired) electrons. The molecule has 0 bridgehead atoms. The lowest BCUT2D eigenvalue weighted by molar-refractivity contribution is -0.121. The van der Waals surface area contributed by atoms with Crippen molar-refractivity contribution in [2.24, 2.45) is 0 Å². The van der Waals surface area contributed by atoms with E-state index in [0.29, 0.717) is 25.6 Å². The summed E-state index contributed by atoms with van der Waals surface area (Å²) in [6, 6.07) is 18.5. The molecule has 1 atom stereocenters. The van der Waals surface area contributed by atoms with Gasteiger partial charge in [-0.25, -0.2) is 4.98 Å². The molecule has 30 heavy (non-hydrogen) atoms. The van der Waals surface area contributed by atoms with E-state index in [4.69, 9.17) is 4.74 Å². The van der Waals surface area contributed by atoms with Crippen LogP contribution in [-0.2, 0) is 17.8 Å². The van der Waals surface area contributed by atoms with E-state index in [1.54, 1.807) is 11.3 Å². The topological polar surface area (TPSA) is 54.5 Å². The van der Waals surface area contributed by atoms with Gasteiger partial charge in [0.05, 0.1) is 0 Å². The summed E-state index contributed by atoms with van der Waals surface area (Å²) in [4.78, 5) is 19.1. The smallest absolute Gasteiger partial charge is 0.220 e. The fourth-order valence-electron chi connectivity index (χ4n) is 3.73. The summed E-state index contributed by atoms with van der Waals surface area (Å²) in [5, 5.41) is 6.17. The molecule has 3 aromatic rings. The number of carbonyl (C=O) groups excluding carboxylic acids is 1. The highest BCUT2D eigenvalue weighted by Gasteiger charge is 2.26. The average molecular weight is 422 g/mol. The highest BCUT2D eigenvalue weighted by atomic mass is 32.1. The van der Waals surface area contributed by atoms with Crippen molar-refractivity contribution in [2.45, 2.75) is 38.3 Å². The summed E-state index contributed by atoms with van der Waals surface area (Å²) in [5.41, 5.74) is 2.29. The van der Waals surface area contributed by atoms with Gasteiger partial charge in [-0.05, 0) is 42.5 Å². The first-order valence-electron chi connectivity index (χ1n) is 10.5. The molecule has 1 saturated heterocycles. The molecular weight excluding hydrogens is 394 g/mol. The average Bonchev–Trinajstić information content (AvgIpc) is 3.48. The number of thiazole rings is 1. The van der Waals surface area contributed by atoms with E-state index in [-0.39, 0.29) is 5.91 Å². The van der Waals surface area contributed by atoms with E-state index >= 15 is 0 Å². The van der Waals surface area contributed by atoms with Gasteiger partial charge < -0.3 is 15.0 Å². The Morgan fingerprint density at radius 3 is 2.73 bits per heavy atom. The van der Waals surface area contributed by atoms with Gasteiger partial charge in [-0.1, -0.05) is 42.5 Å². The van der Waals surface area contributed by atoms with Crippen molar-refractivity contribution in [3.8, 4) is 5.75 Å². The van der Waals surface area contributed by atoms with Crippen LogP contribution in [0.3, 0.4) is 0 Å². The highest BCUT2D eigenvalue weighted by molar-refractivity contribution is 7.13. The fourth-order valence-corrected chi connectivity index (χ4v) is 4.47. The zero-order valence-electron chi connectivity index (χ0n) is 17.0. The van der Waals surface area contributed by atoms with Gasteiger partial charge >= 0.3 is 0 Å². The van der Waals surface area contributed by atoms with Crippen LogP contribution in [0.25, 0.3) is 0 Å². The van der Waals surface area contributed by atoms with Crippen LogP contribution < -0.4 is 15.0 Å². The van der Waals surface area contributed by atoms with E-state index in [9.17, 15) is 4.79 Å². The lowest BCUT2D eigenvalue weighted by Crippen LogP contribution is -2.40. The minimum atomic E-state index is 0.102. The number of rotatable bonds is 9. The van der Waals surface area contributed by atoms with Crippen LogP contribution in [0.4, 0.5) is 5.13 Å². The molecule has 2 heterocycles. The Balaban J connectivity index is 1.18. The Labute approximate surface area is 181 Å². The van der Waals surface area contributed by atoms with Crippen LogP contribution in [0.2, 0.25) is 0 Å². The minimum Gasteiger partial charge on any atom is -0.489 e. The highest BCUT2D eigenvalue weighted by Crippen LogP contribution is 2.26. The second-order valence-electron chi connectivity index (χ2n) is 7.53. The molecule has 0 aliphatic carbocycles. The van der Waals surface area contributed by atoms with Crippen molar-refractivity contribution in [3.63, 3.8) is 0 Å². The van der Waals surface area contributed by atoms with Gasteiger partial charge in [0.25, 0.3) is 0 Å². The van der Waals surface area contributed by atoms with Crippen LogP contribution in [0, 0.1) is 0 Å². The number of amides is 1. The summed E-state index contributed by atoms with van der Waals surface area (Å²) in [6.07, 6.45) is 5.31. The quantitative estimate of drug-likeness (QED) is 0.555. The van der Waals surface area contributed by atoms with Crippen molar-refractivity contribution in [1.29, 1.82) is 0 Å². The van der Waals surface area contributed by atoms with Gasteiger partial charge in [0, 0.05) is 37.1 Å². The van der Waals surface area contributed by atoms with Gasteiger partial charge in [-0.3, -0.25) is 4.79 Å². The van der Waals surface area contributed by atoms with Crippen LogP contribution in [0.1, 0.15) is 30.4 Å². The molecule has 1 aliphatic heterocycles. The van der Waals surface area contributed by atoms with Gasteiger partial charge in [0.1, 0.15) is 12.4 Å². The monoisotopic (exact) mass is 421 g/mol. The Morgan fingerprint density at radius 1 is 1.13 bits per heavy atom. The third kappa shape index (κ3) is 5.60. The molecule has 0 saturated carbocycles. The molecule has 1 N–H and O–H groups in total. The Bertz CT molecular complexity index is 913. The van der Waals surface area contributed by atoms with Gasteiger partial charge in [-0.2, -0.15) is 0 Å². The van der Waals surface area contributed by atoms with Gasteiger partial charge in [0.15, 0.2) is 5.13 Å². The molecule has 1 amide bonds. The zero-order chi connectivity index (χ0) is 20.6. The maximum absolute atomic E-state index is 12.3. The third-order valence-corrected chi connectivity index (χ3v) is 6.20. The first kappa shape index (κ1) is 20.4. The Kier molecular flexibility index (Phi) is 6.98. The molecule has 1 aliphatic rings. The number of anilines is 1. The van der Waals surface area contributed by atoms with E-state index in [1.165, 1.54) is 0 Å². The third-order valence-electron chi connectivity index (χ3n) is 5.39. The molecule has 4 rings (SSSR count). The molecule has 0 spiro atoms. The molecule has 1 fully saturated rings. The lowest BCUT2D eigenvalue weighted by Gasteiger charge is -2.24. The number of benzene rings is 2. The first-order valence-corrected chi connectivity index (χ1v) is 11.3. The normalized spacial score (nSPS) is 15.9. The standard InChI is InChI=1S/C24H27N3O2S/c28-23(26-17-21-7-4-15-27(21)24-25-14-16-30-24)13-10-19-8-11-22(12-9-19)29-18-20-5-2-1-3-6-20/h1-3,5-6,8-9,11-12,14,16,21H,4,7,10,13,15,17-18H2,(H,26,28). The van der Waals surface area contributed by atoms with Gasteiger partial charge in [-0.15, -0.1) is 11.3 Å². The molecular formula is C24H27N3O2S. The van der Waals surface area contributed by atoms with Crippen molar-refractivity contribution < 1.29 is 9.53 Å². The number of hydrogen-bond acceptors (Lipinski definition) is 5. The predicted octanol–water partition coefficient (Wildman–Crippen LogP) is 4.44. The number of carbonyl (C=O) groups is 1. The summed E-state index contributed by atoms with van der Waals surface area (Å²) in [5.74, 6) is 0.945. The van der Waals surface area contributed by atoms with Gasteiger partial charge in [0.2, 0.25) is 5.91 Å². The Morgan fingerprint density at radius 2 is 1.97 bits per heavy atom. The van der Waals surface area contributed by atoms with Crippen LogP contribution >= 0.6 is 11.3 Å². The fraction of sp³-hybridized carbons (Fsp3) is 0.333. The van der Waals surface area contributed by atoms with Crippen LogP contribution in [0.5, 0.6) is 5.75 Å². The van der Waals surface area contributed by atoms with E-state index in [0.717, 1.165) is 47.8 Å². The molecule has 1 unspecified atom stereocenters. The predicted molar refractivity (Wildman–Crippen MR) is 121 cm³/mol. The minimum absolute atomic E-state index is 0.102. The number of nitrogens with one attached hydrogen (secondary N) is 1. The largest absolute Gasteiger partial charge is 0.489 e. The van der Waals surface area contributed by atoms with Crippen molar-refractivity contribution in [1.82, 2.24) is 10.3 Å². The lowest BCUT2D eigenvalue weighted by atomic mass is 10.1. The zero-order valence-corrected chi connectivity index (χ0v) is 17.8. The number of hydrogen-bond donors (Lipinski definition) is 1. The van der Waals surface area contributed by atoms with Crippen molar-refractivity contribution in [3.05, 3.63) is 77.3 Å². The number of nitrogens with zero attached hydrogens (tertiary/aromatic N) is 2. The number of aromatic nitrogens is 1. The number of ether oxygens (including phenoxy) is 1. The molecule has 6 heteroatoms. The van der Waals surface area contributed by atoms with Crippen molar-refractivity contribution >= 4 is 22.4 Å². The summed E-state index contributed by atoms with van der Waals surface area (Å²) >= 11 is 1.66. The van der Waals surface area contributed by atoms with Crippen molar-refractivity contribution in [2.75, 3.05) is 18.0 Å². The summed E-state index contributed by atoms with van der Waals surface area (Å²) in [6.45, 7) is 2.26. The molecule has 2 aromatic carbocycles. The van der Waals surface area contributed by atoms with E-state index in [1.807, 2.05) is 54.0 Å². The van der Waals surface area contributed by atoms with Crippen LogP contribution in [0.15, 0.2) is 66.2 Å². The second kappa shape index (κ2) is 10.3. The van der Waals surface area contributed by atoms with E-state index < -0.39 is 0 Å². The summed E-state index contributed by atoms with van der Waals surface area (Å²) < 4.78 is 5.82. The Hall–Kier alpha value is -2.86. The SMILES string of the molecule is O=C(CCc1ccc(OCc2ccccc2)cc1)NCC1CCCN1c1nccs1. The molecule has 156 valence electrons. The second-order valence-corrected chi connectivity index (χ2v) is 8.40. The summed E-state index contributed by atoms with van der Waals surface area (Å²) in [7, 11) is 0. The first-order chi connectivity index (χ1) is 14.8. The maximum atomic E-state index is 12.3. The maximum Gasteiger partial charge on any atom is 0.220 e. The number of aryl methyl sites for hydroxylation is 1. The van der Waals surface area contributed by atoms with Crippen LogP contribution in [-0.4, -0.2) is 30.0 Å². The van der Waals surface area contributed by atoms with E-state index in [2.05, 4.69) is 27.3 Å².